The van der Waals surface area contributed by atoms with Crippen molar-refractivity contribution in [3.63, 3.8) is 0 Å². The number of fused-ring (bicyclic) bond motifs is 2. The number of carbonyl (C=O) groups excluding carboxylic acids is 2. The highest BCUT2D eigenvalue weighted by Crippen LogP contribution is 2.51. The average Bonchev–Trinajstić information content (AvgIpc) is 2.57. The molecule has 1 heterocycles. The Kier molecular flexibility index (Phi) is 4.95. The average molecular weight is 344 g/mol. The standard InChI is InChI=1S/C20H24O5/c1-13-8-9-20(11-23-14(2)21)10-17(13)19(24-12-20)16-6-4-5-7-18(16)25-15(3)22/h4-8,17,19H,9-12H2,1-3H3. The summed E-state index contributed by atoms with van der Waals surface area (Å²) in [6.45, 7) is 5.82. The summed E-state index contributed by atoms with van der Waals surface area (Å²) in [5, 5.41) is 0. The van der Waals surface area contributed by atoms with Gasteiger partial charge in [-0.05, 0) is 25.8 Å². The molecule has 0 N–H and O–H groups in total. The zero-order valence-electron chi connectivity index (χ0n) is 14.9. The lowest BCUT2D eigenvalue weighted by Crippen LogP contribution is -2.44. The van der Waals surface area contributed by atoms with E-state index in [1.54, 1.807) is 6.07 Å². The number of para-hydroxylation sites is 1. The van der Waals surface area contributed by atoms with Crippen LogP contribution in [0.2, 0.25) is 0 Å². The Balaban J connectivity index is 1.87. The number of hydrogen-bond acceptors (Lipinski definition) is 5. The molecule has 1 aliphatic carbocycles. The van der Waals surface area contributed by atoms with Crippen LogP contribution in [0.3, 0.4) is 0 Å². The first-order chi connectivity index (χ1) is 11.9. The van der Waals surface area contributed by atoms with Crippen molar-refractivity contribution in [2.24, 2.45) is 11.3 Å². The van der Waals surface area contributed by atoms with Gasteiger partial charge in [-0.3, -0.25) is 9.59 Å². The normalized spacial score (nSPS) is 28.0. The smallest absolute Gasteiger partial charge is 0.308 e. The molecule has 5 heteroatoms. The molecule has 3 unspecified atom stereocenters. The van der Waals surface area contributed by atoms with Crippen molar-refractivity contribution in [1.82, 2.24) is 0 Å². The molecule has 1 aromatic rings. The predicted molar refractivity (Wildman–Crippen MR) is 92.0 cm³/mol. The molecule has 2 bridgehead atoms. The van der Waals surface area contributed by atoms with Gasteiger partial charge in [-0.1, -0.05) is 29.8 Å². The fourth-order valence-corrected chi connectivity index (χ4v) is 3.77. The summed E-state index contributed by atoms with van der Waals surface area (Å²) in [7, 11) is 0. The van der Waals surface area contributed by atoms with Crippen LogP contribution >= 0.6 is 0 Å². The van der Waals surface area contributed by atoms with Crippen molar-refractivity contribution in [3.05, 3.63) is 41.5 Å². The Labute approximate surface area is 148 Å². The predicted octanol–water partition coefficient (Wildman–Crippen LogP) is 3.59. The van der Waals surface area contributed by atoms with Crippen molar-refractivity contribution in [2.75, 3.05) is 13.2 Å². The summed E-state index contributed by atoms with van der Waals surface area (Å²) in [5.74, 6) is 0.114. The highest BCUT2D eigenvalue weighted by Gasteiger charge is 2.46. The van der Waals surface area contributed by atoms with Crippen LogP contribution in [0.15, 0.2) is 35.9 Å². The van der Waals surface area contributed by atoms with Crippen LogP contribution < -0.4 is 4.74 Å². The lowest BCUT2D eigenvalue weighted by atomic mass is 9.66. The number of esters is 2. The van der Waals surface area contributed by atoms with Gasteiger partial charge in [0.25, 0.3) is 0 Å². The van der Waals surface area contributed by atoms with Gasteiger partial charge in [-0.15, -0.1) is 0 Å². The number of hydrogen-bond donors (Lipinski definition) is 0. The Morgan fingerprint density at radius 2 is 2.00 bits per heavy atom. The van der Waals surface area contributed by atoms with Crippen LogP contribution in [0.4, 0.5) is 0 Å². The minimum Gasteiger partial charge on any atom is -0.465 e. The summed E-state index contributed by atoms with van der Waals surface area (Å²) in [6, 6.07) is 7.51. The number of carbonyl (C=O) groups is 2. The largest absolute Gasteiger partial charge is 0.465 e. The summed E-state index contributed by atoms with van der Waals surface area (Å²) in [4.78, 5) is 22.6. The van der Waals surface area contributed by atoms with Crippen LogP contribution in [0.1, 0.15) is 45.3 Å². The van der Waals surface area contributed by atoms with E-state index in [4.69, 9.17) is 14.2 Å². The minimum atomic E-state index is -0.344. The Hall–Kier alpha value is -2.14. The van der Waals surface area contributed by atoms with Crippen molar-refractivity contribution in [1.29, 1.82) is 0 Å². The van der Waals surface area contributed by atoms with Crippen molar-refractivity contribution in [3.8, 4) is 5.75 Å². The van der Waals surface area contributed by atoms with Gasteiger partial charge in [-0.25, -0.2) is 0 Å². The third kappa shape index (κ3) is 3.76. The first-order valence-corrected chi connectivity index (χ1v) is 8.59. The van der Waals surface area contributed by atoms with E-state index < -0.39 is 0 Å². The third-order valence-electron chi connectivity index (χ3n) is 5.09. The highest BCUT2D eigenvalue weighted by molar-refractivity contribution is 5.70. The maximum Gasteiger partial charge on any atom is 0.308 e. The Bertz CT molecular complexity index is 708. The number of rotatable bonds is 4. The van der Waals surface area contributed by atoms with Gasteiger partial charge in [0.1, 0.15) is 5.75 Å². The van der Waals surface area contributed by atoms with E-state index in [1.165, 1.54) is 19.4 Å². The molecule has 25 heavy (non-hydrogen) atoms. The van der Waals surface area contributed by atoms with Crippen LogP contribution in [0.25, 0.3) is 0 Å². The maximum atomic E-state index is 11.4. The summed E-state index contributed by atoms with van der Waals surface area (Å²) < 4.78 is 16.9. The molecule has 0 amide bonds. The molecular formula is C20H24O5. The fourth-order valence-electron chi connectivity index (χ4n) is 3.77. The van der Waals surface area contributed by atoms with Crippen molar-refractivity contribution in [2.45, 2.75) is 39.7 Å². The van der Waals surface area contributed by atoms with E-state index >= 15 is 0 Å². The second-order valence-corrected chi connectivity index (χ2v) is 7.11. The second kappa shape index (κ2) is 7.00. The van der Waals surface area contributed by atoms with E-state index in [2.05, 4.69) is 13.0 Å². The molecule has 2 aliphatic rings. The lowest BCUT2D eigenvalue weighted by Gasteiger charge is -2.47. The van der Waals surface area contributed by atoms with E-state index in [1.807, 2.05) is 18.2 Å². The molecule has 0 spiro atoms. The number of ether oxygens (including phenoxy) is 3. The van der Waals surface area contributed by atoms with Crippen LogP contribution in [-0.4, -0.2) is 25.2 Å². The molecule has 134 valence electrons. The molecule has 3 rings (SSSR count). The first kappa shape index (κ1) is 17.7. The van der Waals surface area contributed by atoms with Crippen LogP contribution in [0.5, 0.6) is 5.75 Å². The van der Waals surface area contributed by atoms with Gasteiger partial charge in [0.15, 0.2) is 0 Å². The van der Waals surface area contributed by atoms with Gasteiger partial charge >= 0.3 is 11.9 Å². The monoisotopic (exact) mass is 344 g/mol. The molecule has 0 saturated carbocycles. The van der Waals surface area contributed by atoms with Gasteiger partial charge in [0.2, 0.25) is 0 Å². The zero-order chi connectivity index (χ0) is 18.0. The Morgan fingerprint density at radius 3 is 2.72 bits per heavy atom. The molecule has 3 atom stereocenters. The zero-order valence-corrected chi connectivity index (χ0v) is 14.9. The molecule has 5 nitrogen and oxygen atoms in total. The van der Waals surface area contributed by atoms with E-state index in [-0.39, 0.29) is 29.4 Å². The van der Waals surface area contributed by atoms with Crippen molar-refractivity contribution < 1.29 is 23.8 Å². The molecule has 1 aromatic carbocycles. The molecule has 0 radical (unpaired) electrons. The van der Waals surface area contributed by atoms with Gasteiger partial charge in [0, 0.05) is 30.7 Å². The van der Waals surface area contributed by atoms with Crippen molar-refractivity contribution >= 4 is 11.9 Å². The van der Waals surface area contributed by atoms with Gasteiger partial charge in [-0.2, -0.15) is 0 Å². The van der Waals surface area contributed by atoms with E-state index in [0.717, 1.165) is 18.4 Å². The summed E-state index contributed by atoms with van der Waals surface area (Å²) >= 11 is 0. The summed E-state index contributed by atoms with van der Waals surface area (Å²) in [5.41, 5.74) is 1.99. The van der Waals surface area contributed by atoms with E-state index in [9.17, 15) is 9.59 Å². The van der Waals surface area contributed by atoms with Crippen LogP contribution in [-0.2, 0) is 19.1 Å². The summed E-state index contributed by atoms with van der Waals surface area (Å²) in [6.07, 6.45) is 3.79. The lowest BCUT2D eigenvalue weighted by molar-refractivity contribution is -0.156. The fraction of sp³-hybridized carbons (Fsp3) is 0.500. The van der Waals surface area contributed by atoms with E-state index in [0.29, 0.717) is 19.0 Å². The SMILES string of the molecule is CC(=O)OCC12CC=C(C)C(C1)C(c1ccccc1OC(C)=O)OC2. The molecular weight excluding hydrogens is 320 g/mol. The first-order valence-electron chi connectivity index (χ1n) is 8.59. The quantitative estimate of drug-likeness (QED) is 0.474. The number of allylic oxidation sites excluding steroid dienone is 1. The minimum absolute atomic E-state index is 0.164. The topological polar surface area (TPSA) is 61.8 Å². The Morgan fingerprint density at radius 1 is 1.24 bits per heavy atom. The molecule has 1 aliphatic heterocycles. The maximum absolute atomic E-state index is 11.4. The van der Waals surface area contributed by atoms with Crippen LogP contribution in [0, 0.1) is 11.3 Å². The van der Waals surface area contributed by atoms with Gasteiger partial charge < -0.3 is 14.2 Å². The molecule has 1 fully saturated rings. The third-order valence-corrected chi connectivity index (χ3v) is 5.09. The molecule has 1 saturated heterocycles. The number of benzene rings is 1. The second-order valence-electron chi connectivity index (χ2n) is 7.11. The van der Waals surface area contributed by atoms with Gasteiger partial charge in [0.05, 0.1) is 19.3 Å². The molecule has 0 aromatic heterocycles. The highest BCUT2D eigenvalue weighted by atomic mass is 16.5.